The molecule has 1 amide bonds. The average molecular weight is 205 g/mol. The third-order valence-corrected chi connectivity index (χ3v) is 2.48. The summed E-state index contributed by atoms with van der Waals surface area (Å²) in [5, 5.41) is 6.99. The molecule has 1 aromatic rings. The van der Waals surface area contributed by atoms with Gasteiger partial charge in [0.05, 0.1) is 11.7 Å². The maximum Gasteiger partial charge on any atom is 0.296 e. The van der Waals surface area contributed by atoms with E-state index >= 15 is 0 Å². The number of terminal acetylenes is 1. The predicted octanol–water partition coefficient (Wildman–Crippen LogP) is 0.847. The highest BCUT2D eigenvalue weighted by Crippen LogP contribution is 2.20. The van der Waals surface area contributed by atoms with Crippen LogP contribution >= 0.6 is 0 Å². The first-order valence-corrected chi connectivity index (χ1v) is 4.74. The lowest BCUT2D eigenvalue weighted by molar-refractivity contribution is -0.116. The van der Waals surface area contributed by atoms with Crippen LogP contribution in [0.1, 0.15) is 29.9 Å². The van der Waals surface area contributed by atoms with Crippen LogP contribution < -0.4 is 5.32 Å². The second-order valence-electron chi connectivity index (χ2n) is 3.55. The Bertz CT molecular complexity index is 426. The lowest BCUT2D eigenvalue weighted by atomic mass is 10.1. The lowest BCUT2D eigenvalue weighted by Crippen LogP contribution is -2.25. The fraction of sp³-hybridized carbons (Fsp3) is 0.455. The molecular weight excluding hydrogens is 190 g/mol. The van der Waals surface area contributed by atoms with Crippen molar-refractivity contribution in [3.8, 4) is 12.3 Å². The smallest absolute Gasteiger partial charge is 0.296 e. The fourth-order valence-electron chi connectivity index (χ4n) is 1.73. The van der Waals surface area contributed by atoms with E-state index in [0.29, 0.717) is 0 Å². The van der Waals surface area contributed by atoms with Crippen molar-refractivity contribution in [3.05, 3.63) is 17.0 Å². The first-order valence-electron chi connectivity index (χ1n) is 4.74. The van der Waals surface area contributed by atoms with Crippen LogP contribution in [0.3, 0.4) is 0 Å². The molecule has 15 heavy (non-hydrogen) atoms. The molecule has 0 saturated heterocycles. The molecule has 1 N–H and O–H groups in total. The van der Waals surface area contributed by atoms with Gasteiger partial charge in [0.25, 0.3) is 5.91 Å². The van der Waals surface area contributed by atoms with Gasteiger partial charge in [-0.3, -0.25) is 9.48 Å². The third kappa shape index (κ3) is 2.18. The maximum absolute atomic E-state index is 11.1. The van der Waals surface area contributed by atoms with Crippen LogP contribution in [0.5, 0.6) is 0 Å². The van der Waals surface area contributed by atoms with Crippen molar-refractivity contribution < 1.29 is 4.79 Å². The van der Waals surface area contributed by atoms with E-state index < -0.39 is 5.91 Å². The number of carbonyl (C=O) groups is 1. The SMILES string of the molecule is C#CC(=O)NC(C)c1c(C)nn(C)c1C. The molecule has 0 radical (unpaired) electrons. The van der Waals surface area contributed by atoms with Gasteiger partial charge < -0.3 is 5.32 Å². The molecule has 0 spiro atoms. The molecule has 0 aliphatic carbocycles. The van der Waals surface area contributed by atoms with Gasteiger partial charge >= 0.3 is 0 Å². The van der Waals surface area contributed by atoms with Crippen LogP contribution in [0.25, 0.3) is 0 Å². The number of hydrogen-bond donors (Lipinski definition) is 1. The zero-order valence-corrected chi connectivity index (χ0v) is 9.46. The van der Waals surface area contributed by atoms with Crippen LogP contribution in [-0.2, 0) is 11.8 Å². The molecule has 1 unspecified atom stereocenters. The Morgan fingerprint density at radius 3 is 2.60 bits per heavy atom. The van der Waals surface area contributed by atoms with Gasteiger partial charge in [0.15, 0.2) is 0 Å². The van der Waals surface area contributed by atoms with E-state index in [4.69, 9.17) is 6.42 Å². The summed E-state index contributed by atoms with van der Waals surface area (Å²) >= 11 is 0. The van der Waals surface area contributed by atoms with E-state index in [1.807, 2.05) is 33.7 Å². The zero-order chi connectivity index (χ0) is 11.6. The normalized spacial score (nSPS) is 11.9. The van der Waals surface area contributed by atoms with Gasteiger partial charge in [0.2, 0.25) is 0 Å². The molecule has 0 saturated carbocycles. The van der Waals surface area contributed by atoms with Crippen LogP contribution in [0.15, 0.2) is 0 Å². The van der Waals surface area contributed by atoms with E-state index in [1.165, 1.54) is 0 Å². The molecule has 0 aliphatic rings. The van der Waals surface area contributed by atoms with Crippen molar-refractivity contribution in [2.45, 2.75) is 26.8 Å². The van der Waals surface area contributed by atoms with Crippen molar-refractivity contribution >= 4 is 5.91 Å². The molecule has 4 heteroatoms. The minimum Gasteiger partial charge on any atom is -0.339 e. The Morgan fingerprint density at radius 1 is 1.60 bits per heavy atom. The number of rotatable bonds is 2. The second-order valence-corrected chi connectivity index (χ2v) is 3.55. The minimum absolute atomic E-state index is 0.109. The summed E-state index contributed by atoms with van der Waals surface area (Å²) < 4.78 is 1.79. The van der Waals surface area contributed by atoms with E-state index in [2.05, 4.69) is 10.4 Å². The Kier molecular flexibility index (Phi) is 3.15. The van der Waals surface area contributed by atoms with Crippen LogP contribution in [-0.4, -0.2) is 15.7 Å². The largest absolute Gasteiger partial charge is 0.339 e. The molecule has 80 valence electrons. The van der Waals surface area contributed by atoms with Crippen molar-refractivity contribution in [2.75, 3.05) is 0 Å². The van der Waals surface area contributed by atoms with Gasteiger partial charge in [-0.25, -0.2) is 0 Å². The Labute approximate surface area is 89.7 Å². The molecule has 1 heterocycles. The monoisotopic (exact) mass is 205 g/mol. The molecule has 1 aromatic heterocycles. The quantitative estimate of drug-likeness (QED) is 0.727. The summed E-state index contributed by atoms with van der Waals surface area (Å²) in [6.45, 7) is 5.78. The Morgan fingerprint density at radius 2 is 2.20 bits per heavy atom. The average Bonchev–Trinajstić information content (AvgIpc) is 2.41. The number of aromatic nitrogens is 2. The van der Waals surface area contributed by atoms with Gasteiger partial charge in [0, 0.05) is 18.3 Å². The van der Waals surface area contributed by atoms with E-state index in [0.717, 1.165) is 17.0 Å². The summed E-state index contributed by atoms with van der Waals surface area (Å²) in [4.78, 5) is 11.1. The van der Waals surface area contributed by atoms with Gasteiger partial charge in [-0.2, -0.15) is 5.10 Å². The molecule has 4 nitrogen and oxygen atoms in total. The lowest BCUT2D eigenvalue weighted by Gasteiger charge is -2.12. The van der Waals surface area contributed by atoms with Crippen LogP contribution in [0.2, 0.25) is 0 Å². The van der Waals surface area contributed by atoms with Gasteiger partial charge in [-0.15, -0.1) is 6.42 Å². The Balaban J connectivity index is 2.97. The van der Waals surface area contributed by atoms with Gasteiger partial charge in [-0.1, -0.05) is 0 Å². The molecule has 1 atom stereocenters. The molecular formula is C11H15N3O. The minimum atomic E-state index is -0.398. The fourth-order valence-corrected chi connectivity index (χ4v) is 1.73. The first kappa shape index (κ1) is 11.3. The summed E-state index contributed by atoms with van der Waals surface area (Å²) in [7, 11) is 1.88. The van der Waals surface area contributed by atoms with Crippen molar-refractivity contribution in [1.82, 2.24) is 15.1 Å². The van der Waals surface area contributed by atoms with Crippen molar-refractivity contribution in [3.63, 3.8) is 0 Å². The molecule has 0 fully saturated rings. The number of nitrogens with zero attached hydrogens (tertiary/aromatic N) is 2. The maximum atomic E-state index is 11.1. The van der Waals surface area contributed by atoms with Crippen LogP contribution in [0.4, 0.5) is 0 Å². The van der Waals surface area contributed by atoms with Crippen molar-refractivity contribution in [2.24, 2.45) is 7.05 Å². The number of aryl methyl sites for hydroxylation is 2. The topological polar surface area (TPSA) is 46.9 Å². The van der Waals surface area contributed by atoms with E-state index in [9.17, 15) is 4.79 Å². The first-order chi connectivity index (χ1) is 6.97. The molecule has 0 aliphatic heterocycles. The van der Waals surface area contributed by atoms with E-state index in [-0.39, 0.29) is 6.04 Å². The summed E-state index contributed by atoms with van der Waals surface area (Å²) in [5.74, 6) is 1.64. The number of hydrogen-bond acceptors (Lipinski definition) is 2. The highest BCUT2D eigenvalue weighted by Gasteiger charge is 2.16. The summed E-state index contributed by atoms with van der Waals surface area (Å²) in [6.07, 6.45) is 5.00. The molecule has 1 rings (SSSR count). The highest BCUT2D eigenvalue weighted by molar-refractivity contribution is 5.93. The highest BCUT2D eigenvalue weighted by atomic mass is 16.1. The number of carbonyl (C=O) groups excluding carboxylic acids is 1. The van der Waals surface area contributed by atoms with Gasteiger partial charge in [0.1, 0.15) is 0 Å². The van der Waals surface area contributed by atoms with E-state index in [1.54, 1.807) is 4.68 Å². The Hall–Kier alpha value is -1.76. The standard InChI is InChI=1S/C11H15N3O/c1-6-10(15)12-7(2)11-8(3)13-14(5)9(11)4/h1,7H,2-5H3,(H,12,15). The number of nitrogens with one attached hydrogen (secondary N) is 1. The third-order valence-electron chi connectivity index (χ3n) is 2.48. The van der Waals surface area contributed by atoms with Gasteiger partial charge in [-0.05, 0) is 26.7 Å². The summed E-state index contributed by atoms with van der Waals surface area (Å²) in [6, 6.07) is -0.109. The molecule has 0 bridgehead atoms. The molecule has 0 aromatic carbocycles. The van der Waals surface area contributed by atoms with Crippen molar-refractivity contribution in [1.29, 1.82) is 0 Å². The zero-order valence-electron chi connectivity index (χ0n) is 9.46. The van der Waals surface area contributed by atoms with Crippen LogP contribution in [0, 0.1) is 26.2 Å². The summed E-state index contributed by atoms with van der Waals surface area (Å²) in [5.41, 5.74) is 2.98. The number of amides is 1. The predicted molar refractivity (Wildman–Crippen MR) is 58.1 cm³/mol. The second kappa shape index (κ2) is 4.18.